The summed E-state index contributed by atoms with van der Waals surface area (Å²) in [7, 11) is 0. The smallest absolute Gasteiger partial charge is 0.422 e. The number of thioether (sulfide) groups is 1. The van der Waals surface area contributed by atoms with Gasteiger partial charge in [0.2, 0.25) is 0 Å². The van der Waals surface area contributed by atoms with Crippen LogP contribution in [0, 0.1) is 6.92 Å². The van der Waals surface area contributed by atoms with E-state index >= 15 is 0 Å². The van der Waals surface area contributed by atoms with Crippen molar-refractivity contribution in [1.82, 2.24) is 15.3 Å². The minimum absolute atomic E-state index is 0.116. The molecule has 0 radical (unpaired) electrons. The summed E-state index contributed by atoms with van der Waals surface area (Å²) in [6.45, 7) is 4.63. The molecule has 1 heterocycles. The van der Waals surface area contributed by atoms with Crippen LogP contribution in [-0.2, 0) is 6.54 Å². The third-order valence-electron chi connectivity index (χ3n) is 3.79. The van der Waals surface area contributed by atoms with Crippen LogP contribution >= 0.6 is 11.8 Å². The van der Waals surface area contributed by atoms with Gasteiger partial charge >= 0.3 is 6.18 Å². The van der Waals surface area contributed by atoms with E-state index in [0.29, 0.717) is 22.1 Å². The van der Waals surface area contributed by atoms with Gasteiger partial charge in [0.05, 0.1) is 11.3 Å². The predicted octanol–water partition coefficient (Wildman–Crippen LogP) is 4.50. The Balaban J connectivity index is 2.04. The second-order valence-electron chi connectivity index (χ2n) is 6.44. The molecule has 1 N–H and O–H groups in total. The number of alkyl halides is 3. The summed E-state index contributed by atoms with van der Waals surface area (Å²) in [5, 5.41) is 3.42. The van der Waals surface area contributed by atoms with Crippen molar-refractivity contribution < 1.29 is 22.7 Å². The summed E-state index contributed by atoms with van der Waals surface area (Å²) < 4.78 is 41.2. The number of hydrogen-bond acceptors (Lipinski definition) is 5. The molecule has 0 saturated carbocycles. The molecule has 0 fully saturated rings. The first-order valence-corrected chi connectivity index (χ1v) is 9.82. The fourth-order valence-corrected chi connectivity index (χ4v) is 3.00. The van der Waals surface area contributed by atoms with E-state index in [-0.39, 0.29) is 24.1 Å². The molecule has 0 bridgehead atoms. The number of rotatable bonds is 7. The Morgan fingerprint density at radius 3 is 2.39 bits per heavy atom. The highest BCUT2D eigenvalue weighted by Gasteiger charge is 2.28. The van der Waals surface area contributed by atoms with Gasteiger partial charge in [-0.05, 0) is 30.9 Å². The lowest BCUT2D eigenvalue weighted by molar-refractivity contribution is -0.153. The molecule has 9 heteroatoms. The van der Waals surface area contributed by atoms with E-state index in [1.165, 1.54) is 23.9 Å². The second-order valence-corrected chi connectivity index (χ2v) is 7.23. The van der Waals surface area contributed by atoms with E-state index in [1.807, 2.05) is 20.1 Å². The molecular formula is C19H22F3N3O2S. The third kappa shape index (κ3) is 6.12. The van der Waals surface area contributed by atoms with Crippen molar-refractivity contribution in [2.45, 2.75) is 44.4 Å². The first-order chi connectivity index (χ1) is 13.1. The van der Waals surface area contributed by atoms with Gasteiger partial charge in [-0.25, -0.2) is 9.97 Å². The lowest BCUT2D eigenvalue weighted by Gasteiger charge is -2.14. The lowest BCUT2D eigenvalue weighted by Crippen LogP contribution is -2.25. The van der Waals surface area contributed by atoms with Crippen molar-refractivity contribution in [2.24, 2.45) is 0 Å². The zero-order valence-electron chi connectivity index (χ0n) is 16.1. The van der Waals surface area contributed by atoms with Crippen LogP contribution in [0.4, 0.5) is 13.2 Å². The van der Waals surface area contributed by atoms with E-state index < -0.39 is 12.8 Å². The van der Waals surface area contributed by atoms with Crippen molar-refractivity contribution in [3.05, 3.63) is 46.9 Å². The maximum atomic E-state index is 12.6. The lowest BCUT2D eigenvalue weighted by atomic mass is 10.1. The van der Waals surface area contributed by atoms with Crippen LogP contribution in [0.1, 0.15) is 47.2 Å². The SMILES string of the molecule is CSc1nc(C(C)C)nc(C)c1C(=O)NCc1ccc(OCC(F)(F)F)cc1. The van der Waals surface area contributed by atoms with Gasteiger partial charge in [0.25, 0.3) is 5.91 Å². The van der Waals surface area contributed by atoms with Gasteiger partial charge in [0, 0.05) is 12.5 Å². The number of carbonyl (C=O) groups is 1. The van der Waals surface area contributed by atoms with Gasteiger partial charge < -0.3 is 10.1 Å². The van der Waals surface area contributed by atoms with Gasteiger partial charge in [0.15, 0.2) is 6.61 Å². The largest absolute Gasteiger partial charge is 0.484 e. The molecule has 152 valence electrons. The van der Waals surface area contributed by atoms with E-state index in [0.717, 1.165) is 5.56 Å². The van der Waals surface area contributed by atoms with Crippen LogP contribution in [0.15, 0.2) is 29.3 Å². The molecule has 0 unspecified atom stereocenters. The zero-order chi connectivity index (χ0) is 20.9. The fraction of sp³-hybridized carbons (Fsp3) is 0.421. The van der Waals surface area contributed by atoms with Crippen LogP contribution < -0.4 is 10.1 Å². The highest BCUT2D eigenvalue weighted by molar-refractivity contribution is 7.98. The second kappa shape index (κ2) is 9.27. The van der Waals surface area contributed by atoms with Crippen molar-refractivity contribution in [3.8, 4) is 5.75 Å². The van der Waals surface area contributed by atoms with Crippen LogP contribution in [0.5, 0.6) is 5.75 Å². The maximum Gasteiger partial charge on any atom is 0.422 e. The minimum Gasteiger partial charge on any atom is -0.484 e. The molecular weight excluding hydrogens is 391 g/mol. The van der Waals surface area contributed by atoms with Gasteiger partial charge in [-0.15, -0.1) is 11.8 Å². The van der Waals surface area contributed by atoms with Crippen molar-refractivity contribution in [3.63, 3.8) is 0 Å². The molecule has 1 aromatic carbocycles. The van der Waals surface area contributed by atoms with Gasteiger partial charge in [-0.1, -0.05) is 26.0 Å². The Hall–Kier alpha value is -2.29. The Kier molecular flexibility index (Phi) is 7.29. The highest BCUT2D eigenvalue weighted by atomic mass is 32.2. The summed E-state index contributed by atoms with van der Waals surface area (Å²) in [5.74, 6) is 0.660. The zero-order valence-corrected chi connectivity index (χ0v) is 16.9. The van der Waals surface area contributed by atoms with Gasteiger partial charge in [-0.3, -0.25) is 4.79 Å². The monoisotopic (exact) mass is 413 g/mol. The predicted molar refractivity (Wildman–Crippen MR) is 102 cm³/mol. The van der Waals surface area contributed by atoms with Gasteiger partial charge in [-0.2, -0.15) is 13.2 Å². The molecule has 0 saturated heterocycles. The van der Waals surface area contributed by atoms with Crippen molar-refractivity contribution in [1.29, 1.82) is 0 Å². The summed E-state index contributed by atoms with van der Waals surface area (Å²) in [4.78, 5) is 21.5. The number of halogens is 3. The number of amides is 1. The van der Waals surface area contributed by atoms with Crippen LogP contribution in [0.25, 0.3) is 0 Å². The Morgan fingerprint density at radius 1 is 1.21 bits per heavy atom. The Morgan fingerprint density at radius 2 is 1.86 bits per heavy atom. The highest BCUT2D eigenvalue weighted by Crippen LogP contribution is 2.23. The molecule has 0 atom stereocenters. The topological polar surface area (TPSA) is 64.1 Å². The van der Waals surface area contributed by atoms with E-state index in [2.05, 4.69) is 20.0 Å². The molecule has 1 amide bonds. The summed E-state index contributed by atoms with van der Waals surface area (Å²) in [5.41, 5.74) is 1.77. The van der Waals surface area contributed by atoms with Crippen molar-refractivity contribution >= 4 is 17.7 Å². The number of benzene rings is 1. The molecule has 0 aliphatic rings. The number of ether oxygens (including phenoxy) is 1. The average Bonchev–Trinajstić information content (AvgIpc) is 2.63. The first kappa shape index (κ1) is 22.0. The summed E-state index contributed by atoms with van der Waals surface area (Å²) >= 11 is 1.38. The number of carbonyl (C=O) groups excluding carboxylic acids is 1. The normalized spacial score (nSPS) is 11.6. The molecule has 28 heavy (non-hydrogen) atoms. The standard InChI is InChI=1S/C19H22F3N3O2S/c1-11(2)16-24-12(3)15(18(25-16)28-4)17(26)23-9-13-5-7-14(8-6-13)27-10-19(20,21)22/h5-8,11H,9-10H2,1-4H3,(H,23,26). The van der Waals surface area contributed by atoms with Crippen molar-refractivity contribution in [2.75, 3.05) is 12.9 Å². The molecule has 2 rings (SSSR count). The van der Waals surface area contributed by atoms with Gasteiger partial charge in [0.1, 0.15) is 16.6 Å². The first-order valence-electron chi connectivity index (χ1n) is 8.60. The molecule has 0 aliphatic heterocycles. The van der Waals surface area contributed by atoms with E-state index in [4.69, 9.17) is 0 Å². The maximum absolute atomic E-state index is 12.6. The molecule has 5 nitrogen and oxygen atoms in total. The molecule has 1 aromatic heterocycles. The third-order valence-corrected chi connectivity index (χ3v) is 4.47. The Bertz CT molecular complexity index is 824. The van der Waals surface area contributed by atoms with E-state index in [1.54, 1.807) is 19.1 Å². The number of aromatic nitrogens is 2. The average molecular weight is 413 g/mol. The van der Waals surface area contributed by atoms with Crippen LogP contribution in [0.2, 0.25) is 0 Å². The molecule has 0 spiro atoms. The Labute approximate surface area is 166 Å². The number of nitrogens with zero attached hydrogens (tertiary/aromatic N) is 2. The quantitative estimate of drug-likeness (QED) is 0.535. The summed E-state index contributed by atoms with van der Waals surface area (Å²) in [6.07, 6.45) is -2.53. The number of hydrogen-bond donors (Lipinski definition) is 1. The van der Waals surface area contributed by atoms with Crippen LogP contribution in [0.3, 0.4) is 0 Å². The summed E-state index contributed by atoms with van der Waals surface area (Å²) in [6, 6.07) is 6.08. The fourth-order valence-electron chi connectivity index (χ4n) is 2.37. The molecule has 2 aromatic rings. The number of nitrogens with one attached hydrogen (secondary N) is 1. The van der Waals surface area contributed by atoms with E-state index in [9.17, 15) is 18.0 Å². The number of aryl methyl sites for hydroxylation is 1. The minimum atomic E-state index is -4.38. The molecule has 0 aliphatic carbocycles. The van der Waals surface area contributed by atoms with Crippen LogP contribution in [-0.4, -0.2) is 34.9 Å².